The highest BCUT2D eigenvalue weighted by molar-refractivity contribution is 5.88. The maximum absolute atomic E-state index is 13.6. The second-order valence-electron chi connectivity index (χ2n) is 8.06. The van der Waals surface area contributed by atoms with E-state index in [0.29, 0.717) is 45.7 Å². The van der Waals surface area contributed by atoms with E-state index in [1.807, 2.05) is 29.2 Å². The van der Waals surface area contributed by atoms with Gasteiger partial charge in [0.25, 0.3) is 5.69 Å². The zero-order chi connectivity index (χ0) is 21.0. The Kier molecular flexibility index (Phi) is 6.11. The van der Waals surface area contributed by atoms with Gasteiger partial charge in [-0.2, -0.15) is 0 Å². The number of rotatable bonds is 5. The molecule has 2 aliphatic rings. The first-order chi connectivity index (χ1) is 14.6. The molecule has 158 valence electrons. The molecular weight excluding hydrogens is 382 g/mol. The number of carbonyl (C=O) groups excluding carboxylic acids is 1. The summed E-state index contributed by atoms with van der Waals surface area (Å²) in [6, 6.07) is 16.9. The molecule has 0 radical (unpaired) electrons. The van der Waals surface area contributed by atoms with Crippen molar-refractivity contribution in [3.05, 3.63) is 75.8 Å². The molecule has 0 saturated carbocycles. The van der Waals surface area contributed by atoms with Gasteiger partial charge in [-0.1, -0.05) is 42.5 Å². The van der Waals surface area contributed by atoms with Crippen LogP contribution in [0.3, 0.4) is 0 Å². The first-order valence-corrected chi connectivity index (χ1v) is 10.5. The lowest BCUT2D eigenvalue weighted by atomic mass is 9.73. The molecule has 4 rings (SSSR count). The molecule has 2 aliphatic heterocycles. The number of piperazine rings is 1. The van der Waals surface area contributed by atoms with Gasteiger partial charge < -0.3 is 9.64 Å². The number of nitro groups is 1. The maximum Gasteiger partial charge on any atom is 0.269 e. The van der Waals surface area contributed by atoms with E-state index in [9.17, 15) is 14.9 Å². The van der Waals surface area contributed by atoms with Crippen LogP contribution in [0.2, 0.25) is 0 Å². The summed E-state index contributed by atoms with van der Waals surface area (Å²) in [6.45, 7) is 4.72. The summed E-state index contributed by atoms with van der Waals surface area (Å²) in [5.74, 6) is 0.201. The van der Waals surface area contributed by atoms with Crippen molar-refractivity contribution in [2.75, 3.05) is 39.4 Å². The van der Waals surface area contributed by atoms with E-state index in [4.69, 9.17) is 4.74 Å². The molecule has 0 bridgehead atoms. The van der Waals surface area contributed by atoms with Crippen LogP contribution in [0.1, 0.15) is 24.0 Å². The summed E-state index contributed by atoms with van der Waals surface area (Å²) >= 11 is 0. The highest BCUT2D eigenvalue weighted by atomic mass is 16.6. The first-order valence-electron chi connectivity index (χ1n) is 10.5. The second kappa shape index (κ2) is 8.93. The maximum atomic E-state index is 13.6. The van der Waals surface area contributed by atoms with Crippen molar-refractivity contribution in [2.24, 2.45) is 0 Å². The van der Waals surface area contributed by atoms with E-state index < -0.39 is 5.41 Å². The van der Waals surface area contributed by atoms with Crippen LogP contribution in [0.4, 0.5) is 5.69 Å². The zero-order valence-electron chi connectivity index (χ0n) is 17.0. The molecule has 7 nitrogen and oxygen atoms in total. The fourth-order valence-corrected chi connectivity index (χ4v) is 4.54. The van der Waals surface area contributed by atoms with Crippen LogP contribution >= 0.6 is 0 Å². The Hall–Kier alpha value is -2.77. The van der Waals surface area contributed by atoms with Crippen molar-refractivity contribution >= 4 is 11.6 Å². The van der Waals surface area contributed by atoms with Crippen molar-refractivity contribution in [3.63, 3.8) is 0 Å². The number of amides is 1. The van der Waals surface area contributed by atoms with E-state index in [1.165, 1.54) is 6.07 Å². The Morgan fingerprint density at radius 3 is 2.37 bits per heavy atom. The van der Waals surface area contributed by atoms with Crippen molar-refractivity contribution in [1.29, 1.82) is 0 Å². The van der Waals surface area contributed by atoms with Crippen LogP contribution in [-0.4, -0.2) is 60.0 Å². The van der Waals surface area contributed by atoms with Gasteiger partial charge in [0.1, 0.15) is 0 Å². The molecule has 0 unspecified atom stereocenters. The Morgan fingerprint density at radius 2 is 1.70 bits per heavy atom. The third-order valence-corrected chi connectivity index (χ3v) is 6.27. The molecule has 7 heteroatoms. The number of carbonyl (C=O) groups is 1. The Bertz CT molecular complexity index is 888. The normalized spacial score (nSPS) is 19.4. The van der Waals surface area contributed by atoms with E-state index in [2.05, 4.69) is 17.0 Å². The average molecular weight is 409 g/mol. The van der Waals surface area contributed by atoms with Crippen molar-refractivity contribution < 1.29 is 14.5 Å². The summed E-state index contributed by atoms with van der Waals surface area (Å²) in [7, 11) is 0. The Balaban J connectivity index is 1.42. The molecule has 30 heavy (non-hydrogen) atoms. The van der Waals surface area contributed by atoms with Gasteiger partial charge in [0.15, 0.2) is 0 Å². The lowest BCUT2D eigenvalue weighted by Gasteiger charge is -2.43. The summed E-state index contributed by atoms with van der Waals surface area (Å²) in [5, 5.41) is 11.0. The van der Waals surface area contributed by atoms with E-state index in [0.717, 1.165) is 24.2 Å². The fourth-order valence-electron chi connectivity index (χ4n) is 4.54. The van der Waals surface area contributed by atoms with Gasteiger partial charge in [-0.3, -0.25) is 19.8 Å². The standard InChI is InChI=1S/C23H27N3O4/c27-22(23(9-15-30-16-10-23)20-6-2-1-3-7-20)25-13-11-24(12-14-25)18-19-5-4-8-21(17-19)26(28)29/h1-8,17H,9-16,18H2. The molecule has 1 amide bonds. The minimum atomic E-state index is -0.498. The molecular formula is C23H27N3O4. The smallest absolute Gasteiger partial charge is 0.269 e. The summed E-state index contributed by atoms with van der Waals surface area (Å²) < 4.78 is 5.57. The van der Waals surface area contributed by atoms with E-state index in [-0.39, 0.29) is 16.5 Å². The van der Waals surface area contributed by atoms with E-state index in [1.54, 1.807) is 12.1 Å². The van der Waals surface area contributed by atoms with Crippen LogP contribution in [0, 0.1) is 10.1 Å². The average Bonchev–Trinajstić information content (AvgIpc) is 2.80. The van der Waals surface area contributed by atoms with Crippen LogP contribution in [0.15, 0.2) is 54.6 Å². The highest BCUT2D eigenvalue weighted by Gasteiger charge is 2.44. The van der Waals surface area contributed by atoms with Crippen LogP contribution in [0.25, 0.3) is 0 Å². The molecule has 0 aliphatic carbocycles. The van der Waals surface area contributed by atoms with Crippen LogP contribution in [0.5, 0.6) is 0 Å². The van der Waals surface area contributed by atoms with Gasteiger partial charge in [-0.25, -0.2) is 0 Å². The lowest BCUT2D eigenvalue weighted by molar-refractivity contribution is -0.384. The predicted molar refractivity (Wildman–Crippen MR) is 113 cm³/mol. The lowest BCUT2D eigenvalue weighted by Crippen LogP contribution is -2.55. The number of nitrogens with zero attached hydrogens (tertiary/aromatic N) is 3. The quantitative estimate of drug-likeness (QED) is 0.561. The minimum absolute atomic E-state index is 0.116. The van der Waals surface area contributed by atoms with Crippen LogP contribution < -0.4 is 0 Å². The molecule has 2 aromatic rings. The number of hydrogen-bond donors (Lipinski definition) is 0. The first kappa shape index (κ1) is 20.5. The number of ether oxygens (including phenoxy) is 1. The van der Waals surface area contributed by atoms with Crippen molar-refractivity contribution in [1.82, 2.24) is 9.80 Å². The molecule has 2 aromatic carbocycles. The Labute approximate surface area is 176 Å². The fraction of sp³-hybridized carbons (Fsp3) is 0.435. The van der Waals surface area contributed by atoms with Gasteiger partial charge in [-0.15, -0.1) is 0 Å². The van der Waals surface area contributed by atoms with Gasteiger partial charge in [0, 0.05) is 58.1 Å². The van der Waals surface area contributed by atoms with Gasteiger partial charge in [0.2, 0.25) is 5.91 Å². The summed E-state index contributed by atoms with van der Waals surface area (Å²) in [6.07, 6.45) is 1.42. The summed E-state index contributed by atoms with van der Waals surface area (Å²) in [4.78, 5) is 28.5. The third-order valence-electron chi connectivity index (χ3n) is 6.27. The third kappa shape index (κ3) is 4.22. The molecule has 2 saturated heterocycles. The van der Waals surface area contributed by atoms with Crippen molar-refractivity contribution in [2.45, 2.75) is 24.8 Å². The van der Waals surface area contributed by atoms with Gasteiger partial charge in [0.05, 0.1) is 10.3 Å². The van der Waals surface area contributed by atoms with Crippen LogP contribution in [-0.2, 0) is 21.5 Å². The summed E-state index contributed by atoms with van der Waals surface area (Å²) in [5.41, 5.74) is 1.62. The van der Waals surface area contributed by atoms with Crippen molar-refractivity contribution in [3.8, 4) is 0 Å². The van der Waals surface area contributed by atoms with E-state index >= 15 is 0 Å². The number of hydrogen-bond acceptors (Lipinski definition) is 5. The largest absolute Gasteiger partial charge is 0.381 e. The SMILES string of the molecule is O=C(N1CCN(Cc2cccc([N+](=O)[O-])c2)CC1)C1(c2ccccc2)CCOCC1. The number of non-ortho nitro benzene ring substituents is 1. The molecule has 0 spiro atoms. The molecule has 0 atom stereocenters. The molecule has 0 aromatic heterocycles. The Morgan fingerprint density at radius 1 is 1.00 bits per heavy atom. The van der Waals surface area contributed by atoms with Gasteiger partial charge >= 0.3 is 0 Å². The number of nitro benzene ring substituents is 1. The topological polar surface area (TPSA) is 75.9 Å². The zero-order valence-corrected chi connectivity index (χ0v) is 17.0. The highest BCUT2D eigenvalue weighted by Crippen LogP contribution is 2.37. The van der Waals surface area contributed by atoms with Gasteiger partial charge in [-0.05, 0) is 24.0 Å². The predicted octanol–water partition coefficient (Wildman–Crippen LogP) is 2.99. The second-order valence-corrected chi connectivity index (χ2v) is 8.06. The minimum Gasteiger partial charge on any atom is -0.381 e. The molecule has 2 heterocycles. The monoisotopic (exact) mass is 409 g/mol. The molecule has 0 N–H and O–H groups in total. The molecule has 2 fully saturated rings. The number of benzene rings is 2.